The summed E-state index contributed by atoms with van der Waals surface area (Å²) in [6, 6.07) is 3.30. The number of rotatable bonds is 1. The van der Waals surface area contributed by atoms with Crippen LogP contribution >= 0.6 is 22.6 Å². The quantitative estimate of drug-likeness (QED) is 0.774. The maximum Gasteiger partial charge on any atom is 0.128 e. The van der Waals surface area contributed by atoms with Gasteiger partial charge in [0, 0.05) is 15.7 Å². The smallest absolute Gasteiger partial charge is 0.128 e. The molecule has 1 nitrogen and oxygen atoms in total. The first kappa shape index (κ1) is 8.93. The molecule has 1 rings (SSSR count). The van der Waals surface area contributed by atoms with Crippen LogP contribution in [0.1, 0.15) is 11.1 Å². The Hall–Kier alpha value is -0.160. The van der Waals surface area contributed by atoms with Crippen LogP contribution in [0.25, 0.3) is 0 Å². The third kappa shape index (κ3) is 1.90. The monoisotopic (exact) mass is 265 g/mol. The maximum atomic E-state index is 12.9. The van der Waals surface area contributed by atoms with Crippen molar-refractivity contribution in [3.63, 3.8) is 0 Å². The Balaban J connectivity index is 3.21. The number of nitrogens with two attached hydrogens (primary N) is 1. The van der Waals surface area contributed by atoms with E-state index in [-0.39, 0.29) is 12.4 Å². The highest BCUT2D eigenvalue weighted by Gasteiger charge is 2.02. The van der Waals surface area contributed by atoms with E-state index in [1.165, 1.54) is 6.07 Å². The zero-order valence-corrected chi connectivity index (χ0v) is 8.35. The molecule has 0 aromatic heterocycles. The van der Waals surface area contributed by atoms with Crippen LogP contribution < -0.4 is 5.73 Å². The Labute approximate surface area is 78.9 Å². The molecule has 0 aliphatic heterocycles. The topological polar surface area (TPSA) is 26.0 Å². The van der Waals surface area contributed by atoms with Crippen LogP contribution in [0, 0.1) is 16.3 Å². The predicted octanol–water partition coefficient (Wildman–Crippen LogP) is 2.20. The summed E-state index contributed by atoms with van der Waals surface area (Å²) >= 11 is 2.10. The van der Waals surface area contributed by atoms with Crippen molar-refractivity contribution < 1.29 is 4.39 Å². The van der Waals surface area contributed by atoms with Gasteiger partial charge in [0.2, 0.25) is 0 Å². The lowest BCUT2D eigenvalue weighted by Gasteiger charge is -2.02. The van der Waals surface area contributed by atoms with Crippen LogP contribution in [0.4, 0.5) is 4.39 Å². The van der Waals surface area contributed by atoms with Crippen LogP contribution in [-0.2, 0) is 6.54 Å². The van der Waals surface area contributed by atoms with Crippen molar-refractivity contribution in [2.45, 2.75) is 13.5 Å². The summed E-state index contributed by atoms with van der Waals surface area (Å²) in [6.07, 6.45) is 0. The van der Waals surface area contributed by atoms with Crippen molar-refractivity contribution in [1.82, 2.24) is 0 Å². The summed E-state index contributed by atoms with van der Waals surface area (Å²) in [7, 11) is 0. The summed E-state index contributed by atoms with van der Waals surface area (Å²) in [4.78, 5) is 0. The fraction of sp³-hybridized carbons (Fsp3) is 0.250. The van der Waals surface area contributed by atoms with Gasteiger partial charge < -0.3 is 5.73 Å². The predicted molar refractivity (Wildman–Crippen MR) is 51.7 cm³/mol. The van der Waals surface area contributed by atoms with Crippen LogP contribution in [0.2, 0.25) is 0 Å². The molecular formula is C8H9FIN. The fourth-order valence-corrected chi connectivity index (χ4v) is 1.30. The summed E-state index contributed by atoms with van der Waals surface area (Å²) < 4.78 is 13.9. The Kier molecular flexibility index (Phi) is 2.84. The Morgan fingerprint density at radius 2 is 2.18 bits per heavy atom. The standard InChI is InChI=1S/C8H9FIN/c1-5-2-6(4-11)7(9)3-8(5)10/h2-3H,4,11H2,1H3. The third-order valence-corrected chi connectivity index (χ3v) is 2.71. The van der Waals surface area contributed by atoms with Crippen molar-refractivity contribution in [2.75, 3.05) is 0 Å². The summed E-state index contributed by atoms with van der Waals surface area (Å²) in [5, 5.41) is 0. The van der Waals surface area contributed by atoms with Crippen molar-refractivity contribution >= 4 is 22.6 Å². The van der Waals surface area contributed by atoms with Gasteiger partial charge in [-0.15, -0.1) is 0 Å². The Morgan fingerprint density at radius 3 is 2.73 bits per heavy atom. The van der Waals surface area contributed by atoms with Gasteiger partial charge in [-0.3, -0.25) is 0 Å². The molecule has 0 fully saturated rings. The lowest BCUT2D eigenvalue weighted by Crippen LogP contribution is -2.01. The van der Waals surface area contributed by atoms with E-state index in [1.54, 1.807) is 6.07 Å². The highest BCUT2D eigenvalue weighted by atomic mass is 127. The highest BCUT2D eigenvalue weighted by molar-refractivity contribution is 14.1. The van der Waals surface area contributed by atoms with Gasteiger partial charge in [-0.05, 0) is 41.1 Å². The van der Waals surface area contributed by atoms with E-state index in [0.29, 0.717) is 5.56 Å². The second-order valence-corrected chi connectivity index (χ2v) is 3.56. The first-order valence-corrected chi connectivity index (χ1v) is 4.37. The molecule has 0 amide bonds. The number of benzene rings is 1. The second kappa shape index (κ2) is 3.49. The van der Waals surface area contributed by atoms with Crippen molar-refractivity contribution in [3.8, 4) is 0 Å². The largest absolute Gasteiger partial charge is 0.326 e. The van der Waals surface area contributed by atoms with Crippen LogP contribution in [-0.4, -0.2) is 0 Å². The molecule has 60 valence electrons. The van der Waals surface area contributed by atoms with Gasteiger partial charge >= 0.3 is 0 Å². The van der Waals surface area contributed by atoms with E-state index in [0.717, 1.165) is 9.13 Å². The summed E-state index contributed by atoms with van der Waals surface area (Å²) in [6.45, 7) is 2.21. The first-order valence-electron chi connectivity index (χ1n) is 3.29. The molecule has 1 aromatic rings. The molecule has 1 aromatic carbocycles. The average Bonchev–Trinajstić information content (AvgIpc) is 1.97. The maximum absolute atomic E-state index is 12.9. The minimum atomic E-state index is -0.206. The first-order chi connectivity index (χ1) is 5.15. The number of hydrogen-bond donors (Lipinski definition) is 1. The van der Waals surface area contributed by atoms with Crippen LogP contribution in [0.3, 0.4) is 0 Å². The van der Waals surface area contributed by atoms with Gasteiger partial charge in [0.15, 0.2) is 0 Å². The average molecular weight is 265 g/mol. The van der Waals surface area contributed by atoms with Crippen molar-refractivity contribution in [2.24, 2.45) is 5.73 Å². The molecule has 0 aliphatic carbocycles. The fourth-order valence-electron chi connectivity index (χ4n) is 0.873. The highest BCUT2D eigenvalue weighted by Crippen LogP contribution is 2.16. The van der Waals surface area contributed by atoms with Crippen molar-refractivity contribution in [1.29, 1.82) is 0 Å². The molecular weight excluding hydrogens is 256 g/mol. The van der Waals surface area contributed by atoms with Gasteiger partial charge in [0.1, 0.15) is 5.82 Å². The lowest BCUT2D eigenvalue weighted by atomic mass is 10.1. The van der Waals surface area contributed by atoms with E-state index >= 15 is 0 Å². The Morgan fingerprint density at radius 1 is 1.55 bits per heavy atom. The van der Waals surface area contributed by atoms with Gasteiger partial charge in [-0.1, -0.05) is 6.07 Å². The van der Waals surface area contributed by atoms with Gasteiger partial charge in [0.05, 0.1) is 0 Å². The summed E-state index contributed by atoms with van der Waals surface area (Å²) in [5.74, 6) is -0.206. The van der Waals surface area contributed by atoms with Crippen LogP contribution in [0.5, 0.6) is 0 Å². The van der Waals surface area contributed by atoms with Gasteiger partial charge in [-0.2, -0.15) is 0 Å². The van der Waals surface area contributed by atoms with E-state index in [2.05, 4.69) is 22.6 Å². The van der Waals surface area contributed by atoms with Gasteiger partial charge in [0.25, 0.3) is 0 Å². The molecule has 0 atom stereocenters. The lowest BCUT2D eigenvalue weighted by molar-refractivity contribution is 0.609. The second-order valence-electron chi connectivity index (χ2n) is 2.40. The molecule has 3 heteroatoms. The zero-order chi connectivity index (χ0) is 8.43. The molecule has 0 saturated carbocycles. The molecule has 0 saturated heterocycles. The van der Waals surface area contributed by atoms with E-state index in [1.807, 2.05) is 6.92 Å². The summed E-state index contributed by atoms with van der Waals surface area (Å²) in [5.41, 5.74) is 6.99. The molecule has 0 radical (unpaired) electrons. The number of aryl methyl sites for hydroxylation is 1. The van der Waals surface area contributed by atoms with Crippen molar-refractivity contribution in [3.05, 3.63) is 32.6 Å². The molecule has 2 N–H and O–H groups in total. The minimum absolute atomic E-state index is 0.206. The third-order valence-electron chi connectivity index (χ3n) is 1.55. The zero-order valence-electron chi connectivity index (χ0n) is 6.20. The number of hydrogen-bond acceptors (Lipinski definition) is 1. The Bertz CT molecular complexity index is 273. The normalized spacial score (nSPS) is 10.2. The van der Waals surface area contributed by atoms with Crippen LogP contribution in [0.15, 0.2) is 12.1 Å². The molecule has 11 heavy (non-hydrogen) atoms. The molecule has 0 spiro atoms. The molecule has 0 heterocycles. The van der Waals surface area contributed by atoms with E-state index in [4.69, 9.17) is 5.73 Å². The minimum Gasteiger partial charge on any atom is -0.326 e. The molecule has 0 unspecified atom stereocenters. The SMILES string of the molecule is Cc1cc(CN)c(F)cc1I. The van der Waals surface area contributed by atoms with E-state index < -0.39 is 0 Å². The molecule has 0 aliphatic rings. The molecule has 0 bridgehead atoms. The van der Waals surface area contributed by atoms with Gasteiger partial charge in [-0.25, -0.2) is 4.39 Å². The van der Waals surface area contributed by atoms with E-state index in [9.17, 15) is 4.39 Å². The number of halogens is 2.